The van der Waals surface area contributed by atoms with Gasteiger partial charge in [0.1, 0.15) is 0 Å². The Bertz CT molecular complexity index is 134. The SMILES string of the molecule is CCC1(NCC2CCC2)CC1. The minimum absolute atomic E-state index is 0.607. The maximum absolute atomic E-state index is 3.72. The van der Waals surface area contributed by atoms with E-state index >= 15 is 0 Å². The van der Waals surface area contributed by atoms with Gasteiger partial charge in [0.15, 0.2) is 0 Å². The van der Waals surface area contributed by atoms with Crippen molar-refractivity contribution in [1.82, 2.24) is 5.32 Å². The fraction of sp³-hybridized carbons (Fsp3) is 1.00. The summed E-state index contributed by atoms with van der Waals surface area (Å²) in [5.74, 6) is 1.03. The minimum Gasteiger partial charge on any atom is -0.311 e. The van der Waals surface area contributed by atoms with Gasteiger partial charge in [0.2, 0.25) is 0 Å². The molecule has 0 aromatic carbocycles. The van der Waals surface area contributed by atoms with Crippen LogP contribution in [0, 0.1) is 5.92 Å². The van der Waals surface area contributed by atoms with E-state index < -0.39 is 0 Å². The Labute approximate surface area is 69.6 Å². The normalized spacial score (nSPS) is 28.1. The Kier molecular flexibility index (Phi) is 1.92. The van der Waals surface area contributed by atoms with E-state index in [0.717, 1.165) is 5.92 Å². The highest BCUT2D eigenvalue weighted by Crippen LogP contribution is 2.39. The van der Waals surface area contributed by atoms with E-state index in [1.165, 1.54) is 45.1 Å². The molecule has 2 saturated carbocycles. The molecule has 0 aromatic rings. The van der Waals surface area contributed by atoms with Gasteiger partial charge < -0.3 is 5.32 Å². The van der Waals surface area contributed by atoms with Crippen LogP contribution in [0.3, 0.4) is 0 Å². The van der Waals surface area contributed by atoms with Crippen LogP contribution in [0.2, 0.25) is 0 Å². The van der Waals surface area contributed by atoms with Gasteiger partial charge in [-0.15, -0.1) is 0 Å². The van der Waals surface area contributed by atoms with E-state index in [1.54, 1.807) is 0 Å². The van der Waals surface area contributed by atoms with Gasteiger partial charge >= 0.3 is 0 Å². The molecule has 2 aliphatic rings. The number of hydrogen-bond donors (Lipinski definition) is 1. The summed E-state index contributed by atoms with van der Waals surface area (Å²) >= 11 is 0. The fourth-order valence-electron chi connectivity index (χ4n) is 1.86. The Balaban J connectivity index is 1.65. The van der Waals surface area contributed by atoms with E-state index in [4.69, 9.17) is 0 Å². The van der Waals surface area contributed by atoms with Gasteiger partial charge in [-0.3, -0.25) is 0 Å². The molecule has 0 spiro atoms. The molecular formula is C10H19N. The van der Waals surface area contributed by atoms with Crippen molar-refractivity contribution in [3.8, 4) is 0 Å². The molecule has 2 aliphatic carbocycles. The fourth-order valence-corrected chi connectivity index (χ4v) is 1.86. The standard InChI is InChI=1S/C10H19N/c1-2-10(6-7-10)11-8-9-4-3-5-9/h9,11H,2-8H2,1H3. The van der Waals surface area contributed by atoms with Gasteiger partial charge in [-0.05, 0) is 44.6 Å². The lowest BCUT2D eigenvalue weighted by molar-refractivity contribution is 0.282. The highest BCUT2D eigenvalue weighted by Gasteiger charge is 2.40. The van der Waals surface area contributed by atoms with Crippen molar-refractivity contribution in [3.05, 3.63) is 0 Å². The molecule has 0 unspecified atom stereocenters. The van der Waals surface area contributed by atoms with Crippen LogP contribution in [0.4, 0.5) is 0 Å². The number of rotatable bonds is 4. The molecule has 64 valence electrons. The van der Waals surface area contributed by atoms with Gasteiger partial charge in [-0.2, -0.15) is 0 Å². The summed E-state index contributed by atoms with van der Waals surface area (Å²) in [5.41, 5.74) is 0.607. The molecule has 1 N–H and O–H groups in total. The maximum Gasteiger partial charge on any atom is 0.0180 e. The molecule has 1 nitrogen and oxygen atoms in total. The van der Waals surface area contributed by atoms with E-state index in [9.17, 15) is 0 Å². The number of hydrogen-bond acceptors (Lipinski definition) is 1. The first kappa shape index (κ1) is 7.60. The van der Waals surface area contributed by atoms with Crippen LogP contribution in [0.1, 0.15) is 45.4 Å². The van der Waals surface area contributed by atoms with E-state index in [0.29, 0.717) is 5.54 Å². The van der Waals surface area contributed by atoms with Crippen molar-refractivity contribution >= 4 is 0 Å². The second-order valence-corrected chi connectivity index (χ2v) is 4.31. The Morgan fingerprint density at radius 2 is 2.09 bits per heavy atom. The smallest absolute Gasteiger partial charge is 0.0180 e. The monoisotopic (exact) mass is 153 g/mol. The van der Waals surface area contributed by atoms with Crippen molar-refractivity contribution < 1.29 is 0 Å². The van der Waals surface area contributed by atoms with Crippen LogP contribution in [0.5, 0.6) is 0 Å². The lowest BCUT2D eigenvalue weighted by Gasteiger charge is -2.28. The molecule has 11 heavy (non-hydrogen) atoms. The summed E-state index contributed by atoms with van der Waals surface area (Å²) in [6.07, 6.45) is 8.62. The molecular weight excluding hydrogens is 134 g/mol. The first-order valence-corrected chi connectivity index (χ1v) is 5.10. The van der Waals surface area contributed by atoms with Crippen LogP contribution in [0.15, 0.2) is 0 Å². The highest BCUT2D eigenvalue weighted by atomic mass is 15.0. The predicted octanol–water partition coefficient (Wildman–Crippen LogP) is 2.32. The third-order valence-electron chi connectivity index (χ3n) is 3.52. The van der Waals surface area contributed by atoms with E-state index in [-0.39, 0.29) is 0 Å². The maximum atomic E-state index is 3.72. The summed E-state index contributed by atoms with van der Waals surface area (Å²) in [5, 5.41) is 3.72. The topological polar surface area (TPSA) is 12.0 Å². The van der Waals surface area contributed by atoms with E-state index in [2.05, 4.69) is 12.2 Å². The summed E-state index contributed by atoms with van der Waals surface area (Å²) in [4.78, 5) is 0. The first-order chi connectivity index (χ1) is 5.35. The zero-order chi connectivity index (χ0) is 7.73. The Morgan fingerprint density at radius 3 is 2.45 bits per heavy atom. The molecule has 0 amide bonds. The van der Waals surface area contributed by atoms with Gasteiger partial charge in [-0.1, -0.05) is 13.3 Å². The third kappa shape index (κ3) is 1.58. The van der Waals surface area contributed by atoms with Crippen molar-refractivity contribution in [2.75, 3.05) is 6.54 Å². The largest absolute Gasteiger partial charge is 0.311 e. The van der Waals surface area contributed by atoms with Crippen LogP contribution in [0.25, 0.3) is 0 Å². The van der Waals surface area contributed by atoms with Crippen molar-refractivity contribution in [3.63, 3.8) is 0 Å². The molecule has 1 heteroatoms. The zero-order valence-electron chi connectivity index (χ0n) is 7.53. The lowest BCUT2D eigenvalue weighted by atomic mass is 9.85. The van der Waals surface area contributed by atoms with Gasteiger partial charge in [0.25, 0.3) is 0 Å². The van der Waals surface area contributed by atoms with Crippen molar-refractivity contribution in [2.24, 2.45) is 5.92 Å². The third-order valence-corrected chi connectivity index (χ3v) is 3.52. The summed E-state index contributed by atoms with van der Waals surface area (Å²) in [6.45, 7) is 3.61. The van der Waals surface area contributed by atoms with E-state index in [1.807, 2.05) is 0 Å². The van der Waals surface area contributed by atoms with Crippen LogP contribution >= 0.6 is 0 Å². The highest BCUT2D eigenvalue weighted by molar-refractivity contribution is 5.01. The summed E-state index contributed by atoms with van der Waals surface area (Å²) < 4.78 is 0. The molecule has 0 aliphatic heterocycles. The van der Waals surface area contributed by atoms with Crippen LogP contribution in [-0.4, -0.2) is 12.1 Å². The zero-order valence-corrected chi connectivity index (χ0v) is 7.53. The lowest BCUT2D eigenvalue weighted by Crippen LogP contribution is -2.36. The minimum atomic E-state index is 0.607. The summed E-state index contributed by atoms with van der Waals surface area (Å²) in [6, 6.07) is 0. The molecule has 0 saturated heterocycles. The molecule has 0 radical (unpaired) electrons. The van der Waals surface area contributed by atoms with Crippen molar-refractivity contribution in [1.29, 1.82) is 0 Å². The average Bonchev–Trinajstić information content (AvgIpc) is 2.66. The van der Waals surface area contributed by atoms with Gasteiger partial charge in [0, 0.05) is 5.54 Å². The molecule has 0 bridgehead atoms. The average molecular weight is 153 g/mol. The number of nitrogens with one attached hydrogen (secondary N) is 1. The predicted molar refractivity (Wildman–Crippen MR) is 47.6 cm³/mol. The molecule has 0 aromatic heterocycles. The second kappa shape index (κ2) is 2.78. The van der Waals surface area contributed by atoms with Crippen LogP contribution < -0.4 is 5.32 Å². The molecule has 2 fully saturated rings. The van der Waals surface area contributed by atoms with Gasteiger partial charge in [0.05, 0.1) is 0 Å². The quantitative estimate of drug-likeness (QED) is 0.653. The van der Waals surface area contributed by atoms with Crippen LogP contribution in [-0.2, 0) is 0 Å². The van der Waals surface area contributed by atoms with Crippen molar-refractivity contribution in [2.45, 2.75) is 51.0 Å². The molecule has 0 atom stereocenters. The summed E-state index contributed by atoms with van der Waals surface area (Å²) in [7, 11) is 0. The first-order valence-electron chi connectivity index (χ1n) is 5.10. The molecule has 2 rings (SSSR count). The Morgan fingerprint density at radius 1 is 1.36 bits per heavy atom. The van der Waals surface area contributed by atoms with Gasteiger partial charge in [-0.25, -0.2) is 0 Å². The second-order valence-electron chi connectivity index (χ2n) is 4.31. The molecule has 0 heterocycles. The Hall–Kier alpha value is -0.0400.